The van der Waals surface area contributed by atoms with Crippen molar-refractivity contribution < 1.29 is 14.3 Å². The Balaban J connectivity index is 1.84. The summed E-state index contributed by atoms with van der Waals surface area (Å²) in [4.78, 5) is 23.9. The van der Waals surface area contributed by atoms with E-state index in [9.17, 15) is 9.59 Å². The first kappa shape index (κ1) is 19.8. The number of amides is 2. The quantitative estimate of drug-likeness (QED) is 0.533. The van der Waals surface area contributed by atoms with Crippen LogP contribution in [-0.2, 0) is 11.3 Å². The van der Waals surface area contributed by atoms with Crippen molar-refractivity contribution in [3.8, 4) is 0 Å². The van der Waals surface area contributed by atoms with Gasteiger partial charge in [-0.2, -0.15) is 0 Å². The first-order valence-electron chi connectivity index (χ1n) is 8.56. The van der Waals surface area contributed by atoms with Gasteiger partial charge in [0.25, 0.3) is 0 Å². The van der Waals surface area contributed by atoms with Gasteiger partial charge in [0.1, 0.15) is 0 Å². The molecule has 0 aliphatic carbocycles. The van der Waals surface area contributed by atoms with Crippen molar-refractivity contribution in [3.63, 3.8) is 0 Å². The average Bonchev–Trinajstić information content (AvgIpc) is 2.61. The van der Waals surface area contributed by atoms with Crippen molar-refractivity contribution in [2.75, 3.05) is 11.9 Å². The average molecular weight is 375 g/mol. The summed E-state index contributed by atoms with van der Waals surface area (Å²) in [5.74, 6) is -0.354. The van der Waals surface area contributed by atoms with Gasteiger partial charge in [-0.1, -0.05) is 31.0 Å². The number of ether oxygens (including phenoxy) is 1. The number of anilines is 1. The van der Waals surface area contributed by atoms with Gasteiger partial charge >= 0.3 is 12.0 Å². The van der Waals surface area contributed by atoms with Crippen LogP contribution in [0, 0.1) is 6.92 Å². The number of nitrogens with one attached hydrogen (secondary N) is 2. The third-order valence-corrected chi connectivity index (χ3v) is 4.09. The predicted molar refractivity (Wildman–Crippen MR) is 104 cm³/mol. The normalized spacial score (nSPS) is 10.3. The smallest absolute Gasteiger partial charge is 0.338 e. The van der Waals surface area contributed by atoms with Gasteiger partial charge in [-0.15, -0.1) is 0 Å². The second-order valence-electron chi connectivity index (χ2n) is 5.95. The second kappa shape index (κ2) is 9.82. The highest BCUT2D eigenvalue weighted by Gasteiger charge is 2.08. The highest BCUT2D eigenvalue weighted by Crippen LogP contribution is 2.15. The molecule has 0 aliphatic heterocycles. The third-order valence-electron chi connectivity index (χ3n) is 3.85. The summed E-state index contributed by atoms with van der Waals surface area (Å²) in [6.07, 6.45) is 1.82. The summed E-state index contributed by atoms with van der Waals surface area (Å²) in [6, 6.07) is 11.8. The van der Waals surface area contributed by atoms with Crippen LogP contribution in [0.4, 0.5) is 10.5 Å². The van der Waals surface area contributed by atoms with Gasteiger partial charge in [0.05, 0.1) is 12.2 Å². The Labute approximate surface area is 158 Å². The summed E-state index contributed by atoms with van der Waals surface area (Å²) in [6.45, 7) is 4.80. The zero-order valence-corrected chi connectivity index (χ0v) is 15.7. The van der Waals surface area contributed by atoms with Crippen LogP contribution < -0.4 is 10.6 Å². The monoisotopic (exact) mass is 374 g/mol. The fourth-order valence-electron chi connectivity index (χ4n) is 2.29. The van der Waals surface area contributed by atoms with Crippen LogP contribution in [0.1, 0.15) is 41.3 Å². The zero-order chi connectivity index (χ0) is 18.9. The molecule has 2 rings (SSSR count). The van der Waals surface area contributed by atoms with E-state index in [-0.39, 0.29) is 12.0 Å². The van der Waals surface area contributed by atoms with Gasteiger partial charge in [-0.3, -0.25) is 0 Å². The molecule has 0 unspecified atom stereocenters. The van der Waals surface area contributed by atoms with Crippen molar-refractivity contribution in [2.45, 2.75) is 33.2 Å². The number of benzene rings is 2. The summed E-state index contributed by atoms with van der Waals surface area (Å²) < 4.78 is 5.15. The maximum Gasteiger partial charge on any atom is 0.338 e. The highest BCUT2D eigenvalue weighted by atomic mass is 35.5. The number of aryl methyl sites for hydroxylation is 1. The van der Waals surface area contributed by atoms with Crippen LogP contribution in [0.3, 0.4) is 0 Å². The number of hydrogen-bond donors (Lipinski definition) is 2. The van der Waals surface area contributed by atoms with Crippen LogP contribution >= 0.6 is 11.6 Å². The summed E-state index contributed by atoms with van der Waals surface area (Å²) in [5.41, 5.74) is 3.07. The Bertz CT molecular complexity index is 760. The standard InChI is InChI=1S/C20H23ClN2O3/c1-3-4-11-26-19(24)15-6-9-18(10-7-15)23-20(25)22-13-16-5-8-17(21)12-14(16)2/h5-10,12H,3-4,11,13H2,1-2H3,(H2,22,23,25). The van der Waals surface area contributed by atoms with Crippen LogP contribution in [0.15, 0.2) is 42.5 Å². The summed E-state index contributed by atoms with van der Waals surface area (Å²) in [5, 5.41) is 6.20. The van der Waals surface area contributed by atoms with Gasteiger partial charge in [0.15, 0.2) is 0 Å². The largest absolute Gasteiger partial charge is 0.462 e. The van der Waals surface area contributed by atoms with E-state index >= 15 is 0 Å². The first-order valence-corrected chi connectivity index (χ1v) is 8.94. The van der Waals surface area contributed by atoms with Crippen molar-refractivity contribution in [2.24, 2.45) is 0 Å². The molecule has 0 radical (unpaired) electrons. The molecule has 0 saturated carbocycles. The molecule has 0 aliphatic rings. The molecule has 0 spiro atoms. The molecule has 26 heavy (non-hydrogen) atoms. The molecule has 138 valence electrons. The first-order chi connectivity index (χ1) is 12.5. The second-order valence-corrected chi connectivity index (χ2v) is 6.38. The molecular formula is C20H23ClN2O3. The van der Waals surface area contributed by atoms with Crippen molar-refractivity contribution in [1.82, 2.24) is 5.32 Å². The molecule has 0 atom stereocenters. The number of esters is 1. The minimum atomic E-state index is -0.354. The van der Waals surface area contributed by atoms with Gasteiger partial charge < -0.3 is 15.4 Å². The number of halogens is 1. The molecule has 2 N–H and O–H groups in total. The molecular weight excluding hydrogens is 352 g/mol. The van der Waals surface area contributed by atoms with Crippen LogP contribution in [0.2, 0.25) is 5.02 Å². The minimum Gasteiger partial charge on any atom is -0.462 e. The van der Waals surface area contributed by atoms with Gasteiger partial charge in [0, 0.05) is 17.3 Å². The Kier molecular flexibility index (Phi) is 7.48. The van der Waals surface area contributed by atoms with Gasteiger partial charge in [-0.25, -0.2) is 9.59 Å². The van der Waals surface area contributed by atoms with E-state index in [1.54, 1.807) is 30.3 Å². The molecule has 6 heteroatoms. The molecule has 0 fully saturated rings. The van der Waals surface area contributed by atoms with E-state index in [0.717, 1.165) is 24.0 Å². The Hall–Kier alpha value is -2.53. The Morgan fingerprint density at radius 3 is 2.50 bits per heavy atom. The molecule has 0 heterocycles. The van der Waals surface area contributed by atoms with Crippen LogP contribution in [0.5, 0.6) is 0 Å². The number of rotatable bonds is 7. The number of unbranched alkanes of at least 4 members (excludes halogenated alkanes) is 1. The number of carbonyl (C=O) groups excluding carboxylic acids is 2. The van der Waals surface area contributed by atoms with Gasteiger partial charge in [0.2, 0.25) is 0 Å². The Morgan fingerprint density at radius 2 is 1.85 bits per heavy atom. The van der Waals surface area contributed by atoms with E-state index < -0.39 is 0 Å². The van der Waals surface area contributed by atoms with E-state index in [4.69, 9.17) is 16.3 Å². The fourth-order valence-corrected chi connectivity index (χ4v) is 2.52. The predicted octanol–water partition coefficient (Wildman–Crippen LogP) is 4.93. The lowest BCUT2D eigenvalue weighted by Gasteiger charge is -2.10. The molecule has 2 aromatic carbocycles. The number of carbonyl (C=O) groups is 2. The van der Waals surface area contributed by atoms with Crippen molar-refractivity contribution in [1.29, 1.82) is 0 Å². The SMILES string of the molecule is CCCCOC(=O)c1ccc(NC(=O)NCc2ccc(Cl)cc2C)cc1. The summed E-state index contributed by atoms with van der Waals surface area (Å²) in [7, 11) is 0. The molecule has 2 amide bonds. The summed E-state index contributed by atoms with van der Waals surface area (Å²) >= 11 is 5.92. The fraction of sp³-hybridized carbons (Fsp3) is 0.300. The third kappa shape index (κ3) is 6.08. The molecule has 0 bridgehead atoms. The van der Waals surface area contributed by atoms with Crippen molar-refractivity contribution in [3.05, 3.63) is 64.2 Å². The lowest BCUT2D eigenvalue weighted by atomic mass is 10.1. The maximum absolute atomic E-state index is 12.0. The van der Waals surface area contributed by atoms with Crippen LogP contribution in [-0.4, -0.2) is 18.6 Å². The maximum atomic E-state index is 12.0. The van der Waals surface area contributed by atoms with E-state index in [2.05, 4.69) is 10.6 Å². The number of urea groups is 1. The molecule has 5 nitrogen and oxygen atoms in total. The minimum absolute atomic E-state index is 0.322. The molecule has 2 aromatic rings. The lowest BCUT2D eigenvalue weighted by molar-refractivity contribution is 0.0500. The van der Waals surface area contributed by atoms with E-state index in [0.29, 0.717) is 29.4 Å². The Morgan fingerprint density at radius 1 is 1.12 bits per heavy atom. The van der Waals surface area contributed by atoms with Gasteiger partial charge in [-0.05, 0) is 60.9 Å². The van der Waals surface area contributed by atoms with E-state index in [1.807, 2.05) is 26.0 Å². The van der Waals surface area contributed by atoms with Crippen LogP contribution in [0.25, 0.3) is 0 Å². The topological polar surface area (TPSA) is 67.4 Å². The lowest BCUT2D eigenvalue weighted by Crippen LogP contribution is -2.28. The molecule has 0 saturated heterocycles. The zero-order valence-electron chi connectivity index (χ0n) is 15.0. The van der Waals surface area contributed by atoms with Crippen molar-refractivity contribution >= 4 is 29.3 Å². The van der Waals surface area contributed by atoms with E-state index in [1.165, 1.54) is 0 Å². The molecule has 0 aromatic heterocycles. The number of hydrogen-bond acceptors (Lipinski definition) is 3. The highest BCUT2D eigenvalue weighted by molar-refractivity contribution is 6.30.